The molecule has 2 aromatic rings. The molecule has 0 bridgehead atoms. The Morgan fingerprint density at radius 3 is 2.57 bits per heavy atom. The monoisotopic (exact) mass is 399 g/mol. The number of carbonyl (C=O) groups is 1. The van der Waals surface area contributed by atoms with Crippen LogP contribution in [0.15, 0.2) is 63.5 Å². The normalized spacial score (nSPS) is 16.1. The van der Waals surface area contributed by atoms with E-state index in [4.69, 9.17) is 10.9 Å². The van der Waals surface area contributed by atoms with Crippen molar-refractivity contribution in [3.8, 4) is 0 Å². The molecular weight excluding hydrogens is 378 g/mol. The summed E-state index contributed by atoms with van der Waals surface area (Å²) in [5.74, 6) is -0.749. The third-order valence-corrected chi connectivity index (χ3v) is 5.14. The van der Waals surface area contributed by atoms with Crippen LogP contribution >= 0.6 is 0 Å². The number of aliphatic imine (C=N–C) groups is 1. The van der Waals surface area contributed by atoms with Crippen LogP contribution in [-0.2, 0) is 21.2 Å². The van der Waals surface area contributed by atoms with E-state index in [0.29, 0.717) is 11.4 Å². The first-order valence-electron chi connectivity index (χ1n) is 8.52. The summed E-state index contributed by atoms with van der Waals surface area (Å²) in [5.41, 5.74) is 10.4. The van der Waals surface area contributed by atoms with E-state index in [1.807, 2.05) is 38.1 Å². The molecule has 1 heterocycles. The molecule has 0 aliphatic carbocycles. The lowest BCUT2D eigenvalue weighted by Crippen LogP contribution is -2.38. The number of fused-ring (bicyclic) bond motifs is 1. The Morgan fingerprint density at radius 2 is 1.89 bits per heavy atom. The molecule has 0 saturated carbocycles. The van der Waals surface area contributed by atoms with Crippen LogP contribution in [0.5, 0.6) is 0 Å². The highest BCUT2D eigenvalue weighted by Crippen LogP contribution is 2.27. The van der Waals surface area contributed by atoms with E-state index in [-0.39, 0.29) is 10.6 Å². The molecule has 0 saturated heterocycles. The van der Waals surface area contributed by atoms with E-state index in [1.165, 1.54) is 18.2 Å². The molecule has 28 heavy (non-hydrogen) atoms. The number of primary sulfonamides is 1. The lowest BCUT2D eigenvalue weighted by atomic mass is 9.85. The zero-order valence-corrected chi connectivity index (χ0v) is 16.3. The minimum atomic E-state index is -3.86. The van der Waals surface area contributed by atoms with Gasteiger partial charge in [-0.2, -0.15) is 5.10 Å². The van der Waals surface area contributed by atoms with Gasteiger partial charge in [0.1, 0.15) is 0 Å². The van der Waals surface area contributed by atoms with Crippen molar-refractivity contribution in [2.45, 2.75) is 30.7 Å². The molecule has 9 heteroatoms. The Balaban J connectivity index is 2.03. The van der Waals surface area contributed by atoms with E-state index in [0.717, 1.165) is 17.5 Å². The van der Waals surface area contributed by atoms with E-state index < -0.39 is 21.5 Å². The largest absolute Gasteiger partial charge is 0.364 e. The van der Waals surface area contributed by atoms with E-state index in [2.05, 4.69) is 15.5 Å². The fourth-order valence-electron chi connectivity index (χ4n) is 3.04. The van der Waals surface area contributed by atoms with Crippen molar-refractivity contribution >= 4 is 33.0 Å². The molecule has 1 aliphatic rings. The van der Waals surface area contributed by atoms with Gasteiger partial charge in [0, 0.05) is 5.56 Å². The SMILES string of the molecule is CC1(C)Cc2ccccc2C(C(=NNc2cccc(S(N)(=O)=O)c2)C(N)=O)=N1. The van der Waals surface area contributed by atoms with Crippen molar-refractivity contribution < 1.29 is 13.2 Å². The minimum Gasteiger partial charge on any atom is -0.364 e. The third kappa shape index (κ3) is 4.26. The van der Waals surface area contributed by atoms with Crippen LogP contribution in [0.4, 0.5) is 5.69 Å². The number of hydrogen-bond acceptors (Lipinski definition) is 6. The molecule has 146 valence electrons. The van der Waals surface area contributed by atoms with Crippen LogP contribution in [0.1, 0.15) is 25.0 Å². The molecule has 2 aromatic carbocycles. The standard InChI is InChI=1S/C19H21N5O3S/c1-19(2)11-12-6-3-4-9-15(12)16(22-19)17(18(20)25)24-23-13-7-5-8-14(10-13)28(21,26)27/h3-10,23H,11H2,1-2H3,(H2,20,25)(H2,21,26,27). The summed E-state index contributed by atoms with van der Waals surface area (Å²) in [6, 6.07) is 13.4. The van der Waals surface area contributed by atoms with Crippen LogP contribution in [0.2, 0.25) is 0 Å². The molecule has 0 atom stereocenters. The second-order valence-corrected chi connectivity index (χ2v) is 8.68. The number of nitrogens with two attached hydrogens (primary N) is 2. The molecule has 3 rings (SSSR count). The van der Waals surface area contributed by atoms with Crippen molar-refractivity contribution in [2.75, 3.05) is 5.43 Å². The van der Waals surface area contributed by atoms with Crippen LogP contribution < -0.4 is 16.3 Å². The van der Waals surface area contributed by atoms with Crippen molar-refractivity contribution in [2.24, 2.45) is 21.0 Å². The zero-order valence-electron chi connectivity index (χ0n) is 15.5. The Hall–Kier alpha value is -3.04. The maximum Gasteiger partial charge on any atom is 0.271 e. The number of nitrogens with one attached hydrogen (secondary N) is 1. The van der Waals surface area contributed by atoms with Gasteiger partial charge in [-0.1, -0.05) is 30.3 Å². The van der Waals surface area contributed by atoms with Crippen molar-refractivity contribution in [1.82, 2.24) is 0 Å². The second kappa shape index (κ2) is 7.17. The Labute approximate surface area is 163 Å². The van der Waals surface area contributed by atoms with E-state index >= 15 is 0 Å². The van der Waals surface area contributed by atoms with Gasteiger partial charge in [0.25, 0.3) is 5.91 Å². The van der Waals surface area contributed by atoms with Crippen molar-refractivity contribution in [3.63, 3.8) is 0 Å². The van der Waals surface area contributed by atoms with Gasteiger partial charge in [-0.05, 0) is 44.0 Å². The molecule has 0 aromatic heterocycles. The highest BCUT2D eigenvalue weighted by molar-refractivity contribution is 7.89. The summed E-state index contributed by atoms with van der Waals surface area (Å²) in [4.78, 5) is 16.7. The van der Waals surface area contributed by atoms with Crippen molar-refractivity contribution in [3.05, 3.63) is 59.7 Å². The number of carbonyl (C=O) groups excluding carboxylic acids is 1. The number of sulfonamides is 1. The topological polar surface area (TPSA) is 140 Å². The van der Waals surface area contributed by atoms with Gasteiger partial charge in [0.2, 0.25) is 10.0 Å². The van der Waals surface area contributed by atoms with Gasteiger partial charge in [-0.25, -0.2) is 13.6 Å². The van der Waals surface area contributed by atoms with E-state index in [9.17, 15) is 13.2 Å². The second-order valence-electron chi connectivity index (χ2n) is 7.12. The van der Waals surface area contributed by atoms with E-state index in [1.54, 1.807) is 6.07 Å². The quantitative estimate of drug-likeness (QED) is 0.516. The average Bonchev–Trinajstić information content (AvgIpc) is 2.60. The lowest BCUT2D eigenvalue weighted by Gasteiger charge is -2.28. The van der Waals surface area contributed by atoms with Gasteiger partial charge in [0.05, 0.1) is 21.8 Å². The van der Waals surface area contributed by atoms with Gasteiger partial charge < -0.3 is 5.73 Å². The van der Waals surface area contributed by atoms with Crippen LogP contribution in [0, 0.1) is 0 Å². The van der Waals surface area contributed by atoms with Gasteiger partial charge in [-0.15, -0.1) is 0 Å². The van der Waals surface area contributed by atoms with Crippen LogP contribution in [0.3, 0.4) is 0 Å². The number of rotatable bonds is 5. The first-order valence-corrected chi connectivity index (χ1v) is 10.1. The number of nitrogens with zero attached hydrogens (tertiary/aromatic N) is 2. The maximum atomic E-state index is 12.1. The predicted molar refractivity (Wildman–Crippen MR) is 109 cm³/mol. The lowest BCUT2D eigenvalue weighted by molar-refractivity contribution is -0.111. The average molecular weight is 399 g/mol. The third-order valence-electron chi connectivity index (χ3n) is 4.23. The van der Waals surface area contributed by atoms with Crippen LogP contribution in [-0.4, -0.2) is 31.3 Å². The Kier molecular flexibility index (Phi) is 5.05. The Morgan fingerprint density at radius 1 is 1.18 bits per heavy atom. The first-order chi connectivity index (χ1) is 13.1. The molecule has 0 radical (unpaired) electrons. The zero-order chi connectivity index (χ0) is 20.5. The highest BCUT2D eigenvalue weighted by Gasteiger charge is 2.30. The smallest absolute Gasteiger partial charge is 0.271 e. The molecule has 0 fully saturated rings. The summed E-state index contributed by atoms with van der Waals surface area (Å²) in [6.45, 7) is 3.93. The first kappa shape index (κ1) is 19.7. The highest BCUT2D eigenvalue weighted by atomic mass is 32.2. The molecule has 1 amide bonds. The minimum absolute atomic E-state index is 0.0405. The molecule has 0 unspecified atom stereocenters. The molecular formula is C19H21N5O3S. The van der Waals surface area contributed by atoms with Crippen LogP contribution in [0.25, 0.3) is 0 Å². The number of hydrogen-bond donors (Lipinski definition) is 3. The molecule has 1 aliphatic heterocycles. The molecule has 0 spiro atoms. The Bertz CT molecular complexity index is 1100. The van der Waals surface area contributed by atoms with Gasteiger partial charge in [-0.3, -0.25) is 15.2 Å². The fourth-order valence-corrected chi connectivity index (χ4v) is 3.60. The number of hydrazone groups is 1. The maximum absolute atomic E-state index is 12.1. The van der Waals surface area contributed by atoms with Gasteiger partial charge in [0.15, 0.2) is 5.71 Å². The number of primary amides is 1. The summed E-state index contributed by atoms with van der Waals surface area (Å²) in [5, 5.41) is 9.28. The molecule has 5 N–H and O–H groups in total. The number of amides is 1. The van der Waals surface area contributed by atoms with Gasteiger partial charge >= 0.3 is 0 Å². The molecule has 8 nitrogen and oxygen atoms in total. The summed E-state index contributed by atoms with van der Waals surface area (Å²) < 4.78 is 23.0. The summed E-state index contributed by atoms with van der Waals surface area (Å²) in [6.07, 6.45) is 0.725. The summed E-state index contributed by atoms with van der Waals surface area (Å²) >= 11 is 0. The summed E-state index contributed by atoms with van der Waals surface area (Å²) in [7, 11) is -3.86. The fraction of sp³-hybridized carbons (Fsp3) is 0.211. The van der Waals surface area contributed by atoms with Crippen molar-refractivity contribution in [1.29, 1.82) is 0 Å². The number of benzene rings is 2. The number of anilines is 1. The predicted octanol–water partition coefficient (Wildman–Crippen LogP) is 1.41.